The Labute approximate surface area is 127 Å². The number of carbonyl (C=O) groups is 1. The Morgan fingerprint density at radius 2 is 2.23 bits per heavy atom. The van der Waals surface area contributed by atoms with Crippen LogP contribution in [0.2, 0.25) is 0 Å². The van der Waals surface area contributed by atoms with Crippen molar-refractivity contribution in [2.75, 3.05) is 6.54 Å². The van der Waals surface area contributed by atoms with Gasteiger partial charge in [0, 0.05) is 42.4 Å². The lowest BCUT2D eigenvalue weighted by atomic mass is 10.2. The molecule has 0 aliphatic carbocycles. The predicted molar refractivity (Wildman–Crippen MR) is 81.2 cm³/mol. The molecule has 0 aromatic carbocycles. The molecule has 114 valence electrons. The van der Waals surface area contributed by atoms with Crippen LogP contribution in [0, 0.1) is 0 Å². The van der Waals surface area contributed by atoms with Crippen LogP contribution in [0.3, 0.4) is 0 Å². The summed E-state index contributed by atoms with van der Waals surface area (Å²) in [7, 11) is 0. The minimum absolute atomic E-state index is 0.127. The summed E-state index contributed by atoms with van der Waals surface area (Å²) in [6.07, 6.45) is 4.32. The third-order valence-corrected chi connectivity index (χ3v) is 3.86. The summed E-state index contributed by atoms with van der Waals surface area (Å²) in [6, 6.07) is 1.13. The fourth-order valence-corrected chi connectivity index (χ4v) is 2.77. The zero-order valence-corrected chi connectivity index (χ0v) is 12.3. The van der Waals surface area contributed by atoms with Gasteiger partial charge in [0.15, 0.2) is 4.96 Å². The topological polar surface area (TPSA) is 112 Å². The number of fused-ring (bicyclic) bond motifs is 1. The first-order chi connectivity index (χ1) is 10.6. The molecular formula is C13H13N5O3S. The number of imidazole rings is 1. The zero-order valence-electron chi connectivity index (χ0n) is 11.5. The van der Waals surface area contributed by atoms with Crippen molar-refractivity contribution in [3.63, 3.8) is 0 Å². The second-order valence-electron chi connectivity index (χ2n) is 4.71. The number of nitrogens with one attached hydrogen (secondary N) is 3. The highest BCUT2D eigenvalue weighted by atomic mass is 32.1. The van der Waals surface area contributed by atoms with E-state index in [9.17, 15) is 14.4 Å². The molecule has 0 spiro atoms. The van der Waals surface area contributed by atoms with E-state index in [2.05, 4.69) is 20.5 Å². The van der Waals surface area contributed by atoms with Gasteiger partial charge in [0.2, 0.25) is 5.91 Å². The molecule has 0 aliphatic heterocycles. The summed E-state index contributed by atoms with van der Waals surface area (Å²) in [5.74, 6) is -0.308. The van der Waals surface area contributed by atoms with E-state index in [4.69, 9.17) is 0 Å². The van der Waals surface area contributed by atoms with E-state index >= 15 is 0 Å². The summed E-state index contributed by atoms with van der Waals surface area (Å²) < 4.78 is 1.93. The van der Waals surface area contributed by atoms with Crippen LogP contribution in [0.25, 0.3) is 4.96 Å². The number of nitrogens with zero attached hydrogens (tertiary/aromatic N) is 2. The highest BCUT2D eigenvalue weighted by Crippen LogP contribution is 2.11. The third kappa shape index (κ3) is 3.14. The van der Waals surface area contributed by atoms with E-state index in [1.54, 1.807) is 11.3 Å². The van der Waals surface area contributed by atoms with Gasteiger partial charge in [0.05, 0.1) is 12.1 Å². The molecule has 3 heterocycles. The van der Waals surface area contributed by atoms with E-state index in [1.165, 1.54) is 0 Å². The zero-order chi connectivity index (χ0) is 15.5. The standard InChI is InChI=1S/C13H13N5O3S/c19-10(5-8-6-11(20)16-17-12(8)21)14-2-1-9-7-18-3-4-22-13(18)15-9/h3-4,6-7H,1-2,5H2,(H,14,19)(H,16,20)(H,17,21). The second kappa shape index (κ2) is 5.98. The normalized spacial score (nSPS) is 10.9. The van der Waals surface area contributed by atoms with Gasteiger partial charge in [0.25, 0.3) is 11.1 Å². The monoisotopic (exact) mass is 319 g/mol. The predicted octanol–water partition coefficient (Wildman–Crippen LogP) is -0.326. The van der Waals surface area contributed by atoms with E-state index in [0.29, 0.717) is 13.0 Å². The number of aromatic nitrogens is 4. The Bertz CT molecular complexity index is 891. The smallest absolute Gasteiger partial charge is 0.266 e. The molecule has 0 unspecified atom stereocenters. The molecule has 3 rings (SSSR count). The first-order valence-electron chi connectivity index (χ1n) is 6.60. The van der Waals surface area contributed by atoms with E-state index in [1.807, 2.05) is 22.2 Å². The van der Waals surface area contributed by atoms with Gasteiger partial charge < -0.3 is 5.32 Å². The Kier molecular flexibility index (Phi) is 3.88. The summed E-state index contributed by atoms with van der Waals surface area (Å²) in [6.45, 7) is 0.421. The molecule has 0 fully saturated rings. The molecule has 0 aliphatic rings. The maximum Gasteiger partial charge on any atom is 0.266 e. The molecular weight excluding hydrogens is 306 g/mol. The minimum atomic E-state index is -0.468. The van der Waals surface area contributed by atoms with Gasteiger partial charge in [-0.1, -0.05) is 0 Å². The van der Waals surface area contributed by atoms with Crippen LogP contribution in [-0.4, -0.2) is 32.0 Å². The van der Waals surface area contributed by atoms with E-state index in [-0.39, 0.29) is 17.9 Å². The van der Waals surface area contributed by atoms with Crippen molar-refractivity contribution >= 4 is 22.2 Å². The van der Waals surface area contributed by atoms with E-state index in [0.717, 1.165) is 16.7 Å². The maximum absolute atomic E-state index is 11.8. The van der Waals surface area contributed by atoms with Gasteiger partial charge in [-0.2, -0.15) is 0 Å². The molecule has 22 heavy (non-hydrogen) atoms. The Morgan fingerprint density at radius 1 is 1.36 bits per heavy atom. The number of amides is 1. The van der Waals surface area contributed by atoms with Gasteiger partial charge >= 0.3 is 0 Å². The van der Waals surface area contributed by atoms with Crippen LogP contribution in [-0.2, 0) is 17.6 Å². The lowest BCUT2D eigenvalue weighted by molar-refractivity contribution is -0.120. The Morgan fingerprint density at radius 3 is 3.05 bits per heavy atom. The van der Waals surface area contributed by atoms with Crippen LogP contribution < -0.4 is 16.4 Å². The summed E-state index contributed by atoms with van der Waals surface area (Å²) in [4.78, 5) is 39.7. The molecule has 0 atom stereocenters. The van der Waals surface area contributed by atoms with Crippen molar-refractivity contribution in [3.05, 3.63) is 55.8 Å². The first kappa shape index (κ1) is 14.3. The number of hydrogen-bond donors (Lipinski definition) is 3. The summed E-state index contributed by atoms with van der Waals surface area (Å²) >= 11 is 1.55. The lowest BCUT2D eigenvalue weighted by Crippen LogP contribution is -2.31. The van der Waals surface area contributed by atoms with Crippen LogP contribution in [0.5, 0.6) is 0 Å². The number of thiazole rings is 1. The fraction of sp³-hybridized carbons (Fsp3) is 0.231. The molecule has 0 saturated heterocycles. The van der Waals surface area contributed by atoms with Crippen molar-refractivity contribution in [1.82, 2.24) is 24.9 Å². The lowest BCUT2D eigenvalue weighted by Gasteiger charge is -2.03. The molecule has 0 saturated carbocycles. The molecule has 1 amide bonds. The molecule has 8 nitrogen and oxygen atoms in total. The Hall–Kier alpha value is -2.68. The van der Waals surface area contributed by atoms with E-state index < -0.39 is 11.1 Å². The second-order valence-corrected chi connectivity index (χ2v) is 5.59. The van der Waals surface area contributed by atoms with Gasteiger partial charge in [-0.25, -0.2) is 4.98 Å². The summed E-state index contributed by atoms with van der Waals surface area (Å²) in [5.41, 5.74) is 0.120. The van der Waals surface area contributed by atoms with Gasteiger partial charge in [-0.3, -0.25) is 29.0 Å². The number of H-pyrrole nitrogens is 2. The molecule has 3 aromatic heterocycles. The van der Waals surface area contributed by atoms with Gasteiger partial charge in [-0.15, -0.1) is 11.3 Å². The number of rotatable bonds is 5. The molecule has 3 N–H and O–H groups in total. The van der Waals surface area contributed by atoms with Crippen molar-refractivity contribution in [2.24, 2.45) is 0 Å². The van der Waals surface area contributed by atoms with Crippen LogP contribution in [0.15, 0.2) is 33.4 Å². The van der Waals surface area contributed by atoms with Gasteiger partial charge in [0.1, 0.15) is 0 Å². The highest BCUT2D eigenvalue weighted by Gasteiger charge is 2.08. The molecule has 9 heteroatoms. The molecule has 0 radical (unpaired) electrons. The van der Waals surface area contributed by atoms with Crippen molar-refractivity contribution in [1.29, 1.82) is 0 Å². The highest BCUT2D eigenvalue weighted by molar-refractivity contribution is 7.15. The summed E-state index contributed by atoms with van der Waals surface area (Å²) in [5, 5.41) is 9.00. The van der Waals surface area contributed by atoms with Crippen molar-refractivity contribution in [3.8, 4) is 0 Å². The van der Waals surface area contributed by atoms with Crippen LogP contribution in [0.1, 0.15) is 11.3 Å². The van der Waals surface area contributed by atoms with Crippen LogP contribution in [0.4, 0.5) is 0 Å². The number of carbonyl (C=O) groups excluding carboxylic acids is 1. The molecule has 3 aromatic rings. The quantitative estimate of drug-likeness (QED) is 0.598. The SMILES string of the molecule is O=C(Cc1cc(=O)[nH][nH]c1=O)NCCc1cn2ccsc2n1. The third-order valence-electron chi connectivity index (χ3n) is 3.09. The van der Waals surface area contributed by atoms with Crippen molar-refractivity contribution < 1.29 is 4.79 Å². The fourth-order valence-electron chi connectivity index (χ4n) is 2.05. The molecule has 0 bridgehead atoms. The van der Waals surface area contributed by atoms with Crippen LogP contribution >= 0.6 is 11.3 Å². The first-order valence-corrected chi connectivity index (χ1v) is 7.48. The maximum atomic E-state index is 11.8. The largest absolute Gasteiger partial charge is 0.355 e. The average Bonchev–Trinajstić information content (AvgIpc) is 3.04. The number of hydrogen-bond acceptors (Lipinski definition) is 5. The average molecular weight is 319 g/mol. The van der Waals surface area contributed by atoms with Gasteiger partial charge in [-0.05, 0) is 0 Å². The van der Waals surface area contributed by atoms with Crippen molar-refractivity contribution in [2.45, 2.75) is 12.8 Å². The minimum Gasteiger partial charge on any atom is -0.355 e. The Balaban J connectivity index is 1.54. The number of aromatic amines is 2.